The fourth-order valence-electron chi connectivity index (χ4n) is 3.74. The molecule has 2 saturated carbocycles. The van der Waals surface area contributed by atoms with Crippen molar-refractivity contribution in [3.05, 3.63) is 10.0 Å². The van der Waals surface area contributed by atoms with Gasteiger partial charge in [0.2, 0.25) is 0 Å². The molecule has 3 rings (SSSR count). The van der Waals surface area contributed by atoms with Gasteiger partial charge in [0.1, 0.15) is 10.0 Å². The third kappa shape index (κ3) is 2.21. The van der Waals surface area contributed by atoms with Crippen molar-refractivity contribution in [2.24, 2.45) is 11.8 Å². The Kier molecular flexibility index (Phi) is 3.66. The van der Waals surface area contributed by atoms with Crippen LogP contribution in [0, 0.1) is 11.8 Å². The predicted octanol–water partition coefficient (Wildman–Crippen LogP) is 3.50. The van der Waals surface area contributed by atoms with Gasteiger partial charge in [0, 0.05) is 5.92 Å². The van der Waals surface area contributed by atoms with E-state index in [9.17, 15) is 0 Å². The van der Waals surface area contributed by atoms with Crippen LogP contribution in [0.1, 0.15) is 67.9 Å². The van der Waals surface area contributed by atoms with Crippen molar-refractivity contribution in [1.82, 2.24) is 15.5 Å². The summed E-state index contributed by atoms with van der Waals surface area (Å²) in [6.07, 6.45) is 6.80. The molecule has 1 aromatic heterocycles. The first-order valence-electron chi connectivity index (χ1n) is 7.38. The lowest BCUT2D eigenvalue weighted by Crippen LogP contribution is -2.19. The molecule has 0 aliphatic heterocycles. The molecule has 0 radical (unpaired) electrons. The molecule has 2 fully saturated rings. The third-order valence-corrected chi connectivity index (χ3v) is 5.84. The highest BCUT2D eigenvalue weighted by molar-refractivity contribution is 7.11. The standard InChI is InChI=1S/C14H23N3S/c1-3-12(15-4-2)14-17-16-13(18-14)11-8-9-5-6-10(11)7-9/h9-12,15H,3-8H2,1-2H3. The molecule has 4 unspecified atom stereocenters. The maximum absolute atomic E-state index is 4.50. The van der Waals surface area contributed by atoms with Crippen LogP contribution in [-0.4, -0.2) is 16.7 Å². The van der Waals surface area contributed by atoms with Crippen LogP contribution in [0.4, 0.5) is 0 Å². The van der Waals surface area contributed by atoms with E-state index >= 15 is 0 Å². The Morgan fingerprint density at radius 1 is 1.28 bits per heavy atom. The molecule has 4 heteroatoms. The van der Waals surface area contributed by atoms with Crippen molar-refractivity contribution in [2.75, 3.05) is 6.54 Å². The van der Waals surface area contributed by atoms with Gasteiger partial charge in [-0.25, -0.2) is 0 Å². The van der Waals surface area contributed by atoms with Gasteiger partial charge in [-0.1, -0.05) is 31.6 Å². The van der Waals surface area contributed by atoms with Crippen LogP contribution in [0.3, 0.4) is 0 Å². The first-order chi connectivity index (χ1) is 8.81. The summed E-state index contributed by atoms with van der Waals surface area (Å²) in [7, 11) is 0. The molecule has 0 aromatic carbocycles. The number of hydrogen-bond acceptors (Lipinski definition) is 4. The van der Waals surface area contributed by atoms with Crippen LogP contribution < -0.4 is 5.32 Å². The zero-order chi connectivity index (χ0) is 12.5. The zero-order valence-corrected chi connectivity index (χ0v) is 12.2. The number of nitrogens with one attached hydrogen (secondary N) is 1. The van der Waals surface area contributed by atoms with Crippen LogP contribution in [-0.2, 0) is 0 Å². The van der Waals surface area contributed by atoms with Gasteiger partial charge in [0.15, 0.2) is 0 Å². The second-order valence-corrected chi connectivity index (χ2v) is 6.82. The summed E-state index contributed by atoms with van der Waals surface area (Å²) in [5, 5.41) is 14.9. The average molecular weight is 265 g/mol. The maximum Gasteiger partial charge on any atom is 0.134 e. The Labute approximate surface area is 113 Å². The van der Waals surface area contributed by atoms with E-state index in [1.807, 2.05) is 11.3 Å². The molecule has 2 bridgehead atoms. The molecule has 2 aliphatic carbocycles. The zero-order valence-electron chi connectivity index (χ0n) is 11.4. The van der Waals surface area contributed by atoms with Crippen LogP contribution in [0.15, 0.2) is 0 Å². The molecule has 1 N–H and O–H groups in total. The number of nitrogens with zero attached hydrogens (tertiary/aromatic N) is 2. The topological polar surface area (TPSA) is 37.8 Å². The number of hydrogen-bond donors (Lipinski definition) is 1. The minimum Gasteiger partial charge on any atom is -0.308 e. The van der Waals surface area contributed by atoms with Crippen molar-refractivity contribution in [1.29, 1.82) is 0 Å². The molecule has 0 amide bonds. The van der Waals surface area contributed by atoms with E-state index in [-0.39, 0.29) is 0 Å². The second-order valence-electron chi connectivity index (χ2n) is 5.78. The fourth-order valence-corrected chi connectivity index (χ4v) is 4.95. The normalized spacial score (nSPS) is 32.0. The van der Waals surface area contributed by atoms with Crippen LogP contribution in [0.25, 0.3) is 0 Å². The molecular formula is C14H23N3S. The summed E-state index contributed by atoms with van der Waals surface area (Å²) < 4.78 is 0. The molecule has 3 nitrogen and oxygen atoms in total. The first-order valence-corrected chi connectivity index (χ1v) is 8.20. The maximum atomic E-state index is 4.50. The van der Waals surface area contributed by atoms with E-state index in [4.69, 9.17) is 0 Å². The SMILES string of the molecule is CCNC(CC)c1nnc(C2CC3CCC2C3)s1. The summed E-state index contributed by atoms with van der Waals surface area (Å²) in [4.78, 5) is 0. The highest BCUT2D eigenvalue weighted by Crippen LogP contribution is 2.53. The Hall–Kier alpha value is -0.480. The molecule has 1 aromatic rings. The number of fused-ring (bicyclic) bond motifs is 2. The highest BCUT2D eigenvalue weighted by atomic mass is 32.1. The van der Waals surface area contributed by atoms with E-state index in [1.165, 1.54) is 35.7 Å². The van der Waals surface area contributed by atoms with Crippen molar-refractivity contribution >= 4 is 11.3 Å². The van der Waals surface area contributed by atoms with Crippen molar-refractivity contribution in [3.63, 3.8) is 0 Å². The van der Waals surface area contributed by atoms with E-state index in [1.54, 1.807) is 0 Å². The van der Waals surface area contributed by atoms with Gasteiger partial charge in [0.25, 0.3) is 0 Å². The monoisotopic (exact) mass is 265 g/mol. The molecule has 2 aliphatic rings. The third-order valence-electron chi connectivity index (χ3n) is 4.67. The Morgan fingerprint density at radius 3 is 2.78 bits per heavy atom. The number of rotatable bonds is 5. The van der Waals surface area contributed by atoms with Gasteiger partial charge in [0.05, 0.1) is 6.04 Å². The molecule has 0 spiro atoms. The molecular weight excluding hydrogens is 242 g/mol. The second kappa shape index (κ2) is 5.25. The van der Waals surface area contributed by atoms with Gasteiger partial charge >= 0.3 is 0 Å². The van der Waals surface area contributed by atoms with Crippen molar-refractivity contribution in [3.8, 4) is 0 Å². The van der Waals surface area contributed by atoms with E-state index < -0.39 is 0 Å². The van der Waals surface area contributed by atoms with Crippen molar-refractivity contribution < 1.29 is 0 Å². The summed E-state index contributed by atoms with van der Waals surface area (Å²) in [6, 6.07) is 0.403. The molecule has 100 valence electrons. The van der Waals surface area contributed by atoms with E-state index in [2.05, 4.69) is 29.4 Å². The van der Waals surface area contributed by atoms with Crippen molar-refractivity contribution in [2.45, 2.75) is 57.9 Å². The minimum atomic E-state index is 0.403. The van der Waals surface area contributed by atoms with Gasteiger partial charge < -0.3 is 5.32 Å². The van der Waals surface area contributed by atoms with Crippen LogP contribution in [0.5, 0.6) is 0 Å². The van der Waals surface area contributed by atoms with Crippen LogP contribution >= 0.6 is 11.3 Å². The average Bonchev–Trinajstić information content (AvgIpc) is 3.10. The van der Waals surface area contributed by atoms with Gasteiger partial charge in [-0.05, 0) is 44.1 Å². The first kappa shape index (κ1) is 12.5. The molecule has 18 heavy (non-hydrogen) atoms. The smallest absolute Gasteiger partial charge is 0.134 e. The largest absolute Gasteiger partial charge is 0.308 e. The summed E-state index contributed by atoms with van der Waals surface area (Å²) in [5.41, 5.74) is 0. The molecule has 4 atom stereocenters. The van der Waals surface area contributed by atoms with Gasteiger partial charge in [-0.15, -0.1) is 10.2 Å². The van der Waals surface area contributed by atoms with Gasteiger partial charge in [-0.2, -0.15) is 0 Å². The summed E-state index contributed by atoms with van der Waals surface area (Å²) >= 11 is 1.86. The minimum absolute atomic E-state index is 0.403. The lowest BCUT2D eigenvalue weighted by Gasteiger charge is -2.18. The summed E-state index contributed by atoms with van der Waals surface area (Å²) in [6.45, 7) is 5.37. The number of aromatic nitrogens is 2. The lowest BCUT2D eigenvalue weighted by molar-refractivity contribution is 0.417. The molecule has 0 saturated heterocycles. The van der Waals surface area contributed by atoms with Gasteiger partial charge in [-0.3, -0.25) is 0 Å². The lowest BCUT2D eigenvalue weighted by atomic mass is 9.89. The summed E-state index contributed by atoms with van der Waals surface area (Å²) in [5.74, 6) is 2.63. The quantitative estimate of drug-likeness (QED) is 0.885. The van der Waals surface area contributed by atoms with E-state index in [0.29, 0.717) is 6.04 Å². The highest BCUT2D eigenvalue weighted by Gasteiger charge is 2.41. The predicted molar refractivity (Wildman–Crippen MR) is 74.8 cm³/mol. The Bertz CT molecular complexity index is 403. The molecule has 1 heterocycles. The van der Waals surface area contributed by atoms with Crippen LogP contribution in [0.2, 0.25) is 0 Å². The Balaban J connectivity index is 1.73. The fraction of sp³-hybridized carbons (Fsp3) is 0.857. The Morgan fingerprint density at radius 2 is 2.17 bits per heavy atom. The van der Waals surface area contributed by atoms with E-state index in [0.717, 1.165) is 30.7 Å².